The van der Waals surface area contributed by atoms with Gasteiger partial charge in [0.05, 0.1) is 11.8 Å². The van der Waals surface area contributed by atoms with Gasteiger partial charge < -0.3 is 4.84 Å². The Morgan fingerprint density at radius 2 is 1.82 bits per heavy atom. The van der Waals surface area contributed by atoms with Gasteiger partial charge in [0.15, 0.2) is 0 Å². The van der Waals surface area contributed by atoms with E-state index in [0.29, 0.717) is 5.06 Å². The summed E-state index contributed by atoms with van der Waals surface area (Å²) in [7, 11) is 0. The van der Waals surface area contributed by atoms with E-state index in [1.54, 1.807) is 0 Å². The number of amides is 2. The van der Waals surface area contributed by atoms with E-state index in [0.717, 1.165) is 6.42 Å². The molecule has 5 nitrogen and oxygen atoms in total. The number of hydrogen-bond donors (Lipinski definition) is 0. The molecule has 1 aliphatic heterocycles. The first-order valence-electron chi connectivity index (χ1n) is 5.46. The summed E-state index contributed by atoms with van der Waals surface area (Å²) < 4.78 is 0. The maximum absolute atomic E-state index is 12.0. The second-order valence-electron chi connectivity index (χ2n) is 4.57. The van der Waals surface area contributed by atoms with Crippen LogP contribution in [0.1, 0.15) is 6.42 Å². The molecule has 2 bridgehead atoms. The number of hydroxylamine groups is 2. The van der Waals surface area contributed by atoms with Gasteiger partial charge in [-0.2, -0.15) is 0 Å². The normalized spacial score (nSPS) is 37.8. The maximum Gasteiger partial charge on any atom is 0.343 e. The molecule has 1 heterocycles. The zero-order valence-electron chi connectivity index (χ0n) is 8.84. The van der Waals surface area contributed by atoms with Crippen molar-refractivity contribution in [2.75, 3.05) is 5.33 Å². The highest BCUT2D eigenvalue weighted by atomic mass is 79.9. The Kier molecular flexibility index (Phi) is 2.36. The summed E-state index contributed by atoms with van der Waals surface area (Å²) in [6.45, 7) is 0. The van der Waals surface area contributed by atoms with Crippen molar-refractivity contribution in [2.24, 2.45) is 23.7 Å². The molecule has 1 saturated carbocycles. The molecule has 0 spiro atoms. The zero-order valence-corrected chi connectivity index (χ0v) is 10.4. The monoisotopic (exact) mass is 299 g/mol. The van der Waals surface area contributed by atoms with Crippen LogP contribution in [-0.4, -0.2) is 28.2 Å². The summed E-state index contributed by atoms with van der Waals surface area (Å²) in [4.78, 5) is 39.9. The van der Waals surface area contributed by atoms with E-state index in [4.69, 9.17) is 4.84 Å². The number of halogens is 1. The zero-order chi connectivity index (χ0) is 12.2. The van der Waals surface area contributed by atoms with Gasteiger partial charge >= 0.3 is 5.97 Å². The number of carbonyl (C=O) groups excluding carboxylic acids is 3. The molecule has 2 fully saturated rings. The third-order valence-electron chi connectivity index (χ3n) is 3.73. The number of imide groups is 1. The molecule has 0 N–H and O–H groups in total. The smallest absolute Gasteiger partial charge is 0.329 e. The maximum atomic E-state index is 12.0. The van der Waals surface area contributed by atoms with Crippen LogP contribution < -0.4 is 0 Å². The summed E-state index contributed by atoms with van der Waals surface area (Å²) >= 11 is 2.92. The van der Waals surface area contributed by atoms with E-state index in [1.165, 1.54) is 0 Å². The van der Waals surface area contributed by atoms with Crippen LogP contribution in [0.5, 0.6) is 0 Å². The number of allylic oxidation sites excluding steroid dienone is 2. The van der Waals surface area contributed by atoms with E-state index in [2.05, 4.69) is 15.9 Å². The van der Waals surface area contributed by atoms with E-state index in [1.807, 2.05) is 12.2 Å². The molecule has 2 amide bonds. The van der Waals surface area contributed by atoms with Crippen LogP contribution in [0.4, 0.5) is 0 Å². The number of alkyl halides is 1. The molecular weight excluding hydrogens is 290 g/mol. The van der Waals surface area contributed by atoms with Crippen molar-refractivity contribution < 1.29 is 19.2 Å². The minimum Gasteiger partial charge on any atom is -0.329 e. The predicted octanol–water partition coefficient (Wildman–Crippen LogP) is 0.647. The molecule has 90 valence electrons. The SMILES string of the molecule is O=C(CBr)ON1C(=O)[C@@H]2C3C=CC(C3)[C@@H]2C1=O. The van der Waals surface area contributed by atoms with Gasteiger partial charge in [-0.1, -0.05) is 28.1 Å². The largest absolute Gasteiger partial charge is 0.343 e. The van der Waals surface area contributed by atoms with Gasteiger partial charge in [-0.3, -0.25) is 9.59 Å². The fraction of sp³-hybridized carbons (Fsp3) is 0.545. The molecule has 0 aromatic carbocycles. The van der Waals surface area contributed by atoms with Crippen LogP contribution in [0, 0.1) is 23.7 Å². The second kappa shape index (κ2) is 3.66. The molecule has 6 heteroatoms. The van der Waals surface area contributed by atoms with Crippen molar-refractivity contribution in [3.05, 3.63) is 12.2 Å². The number of carbonyl (C=O) groups is 3. The Morgan fingerprint density at radius 3 is 2.29 bits per heavy atom. The molecule has 0 radical (unpaired) electrons. The Balaban J connectivity index is 1.85. The van der Waals surface area contributed by atoms with Gasteiger partial charge in [0, 0.05) is 0 Å². The van der Waals surface area contributed by atoms with E-state index in [9.17, 15) is 14.4 Å². The van der Waals surface area contributed by atoms with Crippen LogP contribution in [0.15, 0.2) is 12.2 Å². The molecule has 4 atom stereocenters. The minimum atomic E-state index is -0.632. The van der Waals surface area contributed by atoms with Crippen molar-refractivity contribution in [2.45, 2.75) is 6.42 Å². The first-order chi connectivity index (χ1) is 8.13. The van der Waals surface area contributed by atoms with E-state index in [-0.39, 0.29) is 40.8 Å². The first-order valence-corrected chi connectivity index (χ1v) is 6.58. The highest BCUT2D eigenvalue weighted by Gasteiger charge is 2.60. The molecular formula is C11H10BrNO4. The van der Waals surface area contributed by atoms with Gasteiger partial charge in [0.25, 0.3) is 11.8 Å². The standard InChI is InChI=1S/C11H10BrNO4/c12-4-7(14)17-13-10(15)8-5-1-2-6(3-5)9(8)11(13)16/h1-2,5-6,8-9H,3-4H2/t5?,6?,8-,9+. The summed E-state index contributed by atoms with van der Waals surface area (Å²) in [5.74, 6) is -1.74. The van der Waals surface area contributed by atoms with Gasteiger partial charge in [-0.15, -0.1) is 5.06 Å². The van der Waals surface area contributed by atoms with Crippen molar-refractivity contribution in [1.29, 1.82) is 0 Å². The Hall–Kier alpha value is -1.17. The van der Waals surface area contributed by atoms with Gasteiger partial charge in [-0.05, 0) is 18.3 Å². The van der Waals surface area contributed by atoms with Crippen molar-refractivity contribution >= 4 is 33.7 Å². The third-order valence-corrected chi connectivity index (χ3v) is 4.19. The van der Waals surface area contributed by atoms with E-state index < -0.39 is 5.97 Å². The predicted molar refractivity (Wildman–Crippen MR) is 59.5 cm³/mol. The Labute approximate surface area is 106 Å². The topological polar surface area (TPSA) is 63.7 Å². The van der Waals surface area contributed by atoms with Crippen LogP contribution in [0.25, 0.3) is 0 Å². The average Bonchev–Trinajstić information content (AvgIpc) is 2.98. The number of rotatable bonds is 2. The molecule has 3 rings (SSSR count). The first kappa shape index (κ1) is 11.0. The molecule has 3 aliphatic rings. The lowest BCUT2D eigenvalue weighted by molar-refractivity contribution is -0.197. The van der Waals surface area contributed by atoms with Crippen LogP contribution in [-0.2, 0) is 19.2 Å². The van der Waals surface area contributed by atoms with Crippen LogP contribution >= 0.6 is 15.9 Å². The highest BCUT2D eigenvalue weighted by molar-refractivity contribution is 9.09. The number of nitrogens with zero attached hydrogens (tertiary/aromatic N) is 1. The summed E-state index contributed by atoms with van der Waals surface area (Å²) in [6.07, 6.45) is 4.85. The fourth-order valence-electron chi connectivity index (χ4n) is 3.09. The molecule has 2 unspecified atom stereocenters. The van der Waals surface area contributed by atoms with Crippen molar-refractivity contribution in [3.63, 3.8) is 0 Å². The molecule has 0 aromatic heterocycles. The lowest BCUT2D eigenvalue weighted by Crippen LogP contribution is -2.35. The molecule has 2 aliphatic carbocycles. The van der Waals surface area contributed by atoms with Crippen LogP contribution in [0.2, 0.25) is 0 Å². The second-order valence-corrected chi connectivity index (χ2v) is 5.13. The average molecular weight is 300 g/mol. The number of hydrogen-bond acceptors (Lipinski definition) is 4. The van der Waals surface area contributed by atoms with Crippen molar-refractivity contribution in [1.82, 2.24) is 5.06 Å². The summed E-state index contributed by atoms with van der Waals surface area (Å²) in [5, 5.41) is 0.621. The number of fused-ring (bicyclic) bond motifs is 5. The lowest BCUT2D eigenvalue weighted by atomic mass is 9.85. The summed E-state index contributed by atoms with van der Waals surface area (Å²) in [6, 6.07) is 0. The molecule has 0 aromatic rings. The van der Waals surface area contributed by atoms with E-state index >= 15 is 0 Å². The van der Waals surface area contributed by atoms with Gasteiger partial charge in [0.2, 0.25) is 0 Å². The van der Waals surface area contributed by atoms with Crippen molar-refractivity contribution in [3.8, 4) is 0 Å². The van der Waals surface area contributed by atoms with Gasteiger partial charge in [0.1, 0.15) is 5.33 Å². The third kappa shape index (κ3) is 1.40. The highest BCUT2D eigenvalue weighted by Crippen LogP contribution is 2.52. The molecule has 1 saturated heterocycles. The summed E-state index contributed by atoms with van der Waals surface area (Å²) in [5.41, 5.74) is 0. The Bertz CT molecular complexity index is 417. The quantitative estimate of drug-likeness (QED) is 0.427. The lowest BCUT2D eigenvalue weighted by Gasteiger charge is -2.14. The fourth-order valence-corrected chi connectivity index (χ4v) is 3.19. The Morgan fingerprint density at radius 1 is 1.29 bits per heavy atom. The molecule has 17 heavy (non-hydrogen) atoms. The van der Waals surface area contributed by atoms with Gasteiger partial charge in [-0.25, -0.2) is 4.79 Å². The van der Waals surface area contributed by atoms with Crippen LogP contribution in [0.3, 0.4) is 0 Å². The minimum absolute atomic E-state index is 0.0372.